The lowest BCUT2D eigenvalue weighted by Crippen LogP contribution is -2.47. The standard InChI is InChI=1S/C14H23NO3/c16-13(15-10-6-2-1-3-7-10)11-8-4-5-9-12(11)14(17)18/h10-12H,1-9H2,(H,15,16)(H,17,18)/p-1/t11-,12-/m1/s1. The van der Waals surface area contributed by atoms with E-state index >= 15 is 0 Å². The predicted octanol–water partition coefficient (Wildman–Crippen LogP) is 0.992. The predicted molar refractivity (Wildman–Crippen MR) is 65.5 cm³/mol. The lowest BCUT2D eigenvalue weighted by Gasteiger charge is -2.33. The molecule has 1 amide bonds. The van der Waals surface area contributed by atoms with Gasteiger partial charge < -0.3 is 15.2 Å². The Kier molecular flexibility index (Phi) is 4.61. The van der Waals surface area contributed by atoms with Crippen LogP contribution in [-0.4, -0.2) is 17.9 Å². The fourth-order valence-electron chi connectivity index (χ4n) is 3.28. The van der Waals surface area contributed by atoms with Gasteiger partial charge in [0.1, 0.15) is 0 Å². The average Bonchev–Trinajstić information content (AvgIpc) is 2.40. The molecule has 0 aromatic rings. The van der Waals surface area contributed by atoms with Gasteiger partial charge in [0.15, 0.2) is 0 Å². The number of aliphatic carboxylic acids is 1. The van der Waals surface area contributed by atoms with E-state index in [1.54, 1.807) is 0 Å². The summed E-state index contributed by atoms with van der Waals surface area (Å²) in [7, 11) is 0. The number of carbonyl (C=O) groups excluding carboxylic acids is 2. The Morgan fingerprint density at radius 3 is 2.00 bits per heavy atom. The molecule has 4 nitrogen and oxygen atoms in total. The number of amides is 1. The van der Waals surface area contributed by atoms with E-state index in [-0.39, 0.29) is 17.9 Å². The Balaban J connectivity index is 1.91. The van der Waals surface area contributed by atoms with Crippen molar-refractivity contribution >= 4 is 11.9 Å². The highest BCUT2D eigenvalue weighted by Gasteiger charge is 2.32. The molecule has 2 saturated carbocycles. The number of carboxylic acid groups (broad SMARTS) is 1. The molecule has 0 radical (unpaired) electrons. The third-order valence-corrected chi connectivity index (χ3v) is 4.36. The van der Waals surface area contributed by atoms with E-state index in [0.29, 0.717) is 12.8 Å². The quantitative estimate of drug-likeness (QED) is 0.814. The fraction of sp³-hybridized carbons (Fsp3) is 0.857. The molecule has 2 fully saturated rings. The minimum atomic E-state index is -1.06. The summed E-state index contributed by atoms with van der Waals surface area (Å²) in [6.45, 7) is 0. The Morgan fingerprint density at radius 2 is 1.39 bits per heavy atom. The van der Waals surface area contributed by atoms with Crippen molar-refractivity contribution in [2.45, 2.75) is 63.8 Å². The molecule has 2 aliphatic carbocycles. The van der Waals surface area contributed by atoms with Gasteiger partial charge in [-0.2, -0.15) is 0 Å². The number of hydrogen-bond acceptors (Lipinski definition) is 3. The molecule has 0 heterocycles. The summed E-state index contributed by atoms with van der Waals surface area (Å²) in [5.41, 5.74) is 0. The monoisotopic (exact) mass is 252 g/mol. The minimum absolute atomic E-state index is 0.0594. The molecule has 0 spiro atoms. The second-order valence-electron chi connectivity index (χ2n) is 5.66. The van der Waals surface area contributed by atoms with Crippen molar-refractivity contribution in [3.8, 4) is 0 Å². The first-order valence-electron chi connectivity index (χ1n) is 7.19. The van der Waals surface area contributed by atoms with E-state index in [1.807, 2.05) is 0 Å². The van der Waals surface area contributed by atoms with Crippen molar-refractivity contribution in [1.82, 2.24) is 5.32 Å². The first kappa shape index (κ1) is 13.4. The summed E-state index contributed by atoms with van der Waals surface area (Å²) in [4.78, 5) is 23.2. The number of hydrogen-bond donors (Lipinski definition) is 1. The first-order chi connectivity index (χ1) is 8.68. The number of nitrogens with one attached hydrogen (secondary N) is 1. The zero-order valence-corrected chi connectivity index (χ0v) is 10.8. The highest BCUT2D eigenvalue weighted by Crippen LogP contribution is 2.30. The van der Waals surface area contributed by atoms with Gasteiger partial charge in [-0.15, -0.1) is 0 Å². The molecular weight excluding hydrogens is 230 g/mol. The second kappa shape index (κ2) is 6.21. The number of rotatable bonds is 3. The Hall–Kier alpha value is -1.06. The lowest BCUT2D eigenvalue weighted by atomic mass is 9.78. The summed E-state index contributed by atoms with van der Waals surface area (Å²) >= 11 is 0. The summed E-state index contributed by atoms with van der Waals surface area (Å²) in [6, 6.07) is 0.260. The zero-order valence-electron chi connectivity index (χ0n) is 10.8. The van der Waals surface area contributed by atoms with Crippen LogP contribution in [0.5, 0.6) is 0 Å². The fourth-order valence-corrected chi connectivity index (χ4v) is 3.28. The molecular formula is C14H22NO3-. The molecule has 0 bridgehead atoms. The third-order valence-electron chi connectivity index (χ3n) is 4.36. The van der Waals surface area contributed by atoms with Crippen LogP contribution in [0.3, 0.4) is 0 Å². The van der Waals surface area contributed by atoms with Crippen LogP contribution in [0.25, 0.3) is 0 Å². The van der Waals surface area contributed by atoms with Gasteiger partial charge in [-0.3, -0.25) is 4.79 Å². The summed E-state index contributed by atoms with van der Waals surface area (Å²) in [5, 5.41) is 14.1. The Labute approximate surface area is 108 Å². The van der Waals surface area contributed by atoms with Crippen molar-refractivity contribution in [1.29, 1.82) is 0 Å². The topological polar surface area (TPSA) is 69.2 Å². The van der Waals surface area contributed by atoms with Crippen molar-refractivity contribution < 1.29 is 14.7 Å². The molecule has 2 atom stereocenters. The maximum Gasteiger partial charge on any atom is 0.223 e. The summed E-state index contributed by atoms with van der Waals surface area (Å²) in [6.07, 6.45) is 8.78. The van der Waals surface area contributed by atoms with Crippen molar-refractivity contribution in [3.63, 3.8) is 0 Å². The molecule has 1 N–H and O–H groups in total. The second-order valence-corrected chi connectivity index (χ2v) is 5.66. The highest BCUT2D eigenvalue weighted by atomic mass is 16.4. The van der Waals surface area contributed by atoms with E-state index in [9.17, 15) is 14.7 Å². The van der Waals surface area contributed by atoms with Crippen LogP contribution in [0.1, 0.15) is 57.8 Å². The van der Waals surface area contributed by atoms with E-state index in [4.69, 9.17) is 0 Å². The van der Waals surface area contributed by atoms with E-state index in [2.05, 4.69) is 5.32 Å². The molecule has 2 aliphatic rings. The van der Waals surface area contributed by atoms with E-state index < -0.39 is 11.9 Å². The van der Waals surface area contributed by atoms with Crippen LogP contribution in [0, 0.1) is 11.8 Å². The smallest absolute Gasteiger partial charge is 0.223 e. The summed E-state index contributed by atoms with van der Waals surface area (Å²) in [5.74, 6) is -2.07. The molecule has 4 heteroatoms. The van der Waals surface area contributed by atoms with Gasteiger partial charge in [0, 0.05) is 23.8 Å². The van der Waals surface area contributed by atoms with Crippen LogP contribution in [0.2, 0.25) is 0 Å². The molecule has 0 aromatic carbocycles. The molecule has 2 rings (SSSR count). The average molecular weight is 252 g/mol. The van der Waals surface area contributed by atoms with Crippen molar-refractivity contribution in [3.05, 3.63) is 0 Å². The molecule has 0 aromatic heterocycles. The summed E-state index contributed by atoms with van der Waals surface area (Å²) < 4.78 is 0. The molecule has 0 saturated heterocycles. The van der Waals surface area contributed by atoms with Crippen LogP contribution in [0.15, 0.2) is 0 Å². The normalized spacial score (nSPS) is 29.8. The van der Waals surface area contributed by atoms with E-state index in [0.717, 1.165) is 25.7 Å². The van der Waals surface area contributed by atoms with Gasteiger partial charge in [-0.05, 0) is 25.7 Å². The van der Waals surface area contributed by atoms with Gasteiger partial charge in [-0.1, -0.05) is 32.1 Å². The molecule has 0 aliphatic heterocycles. The number of carbonyl (C=O) groups is 2. The van der Waals surface area contributed by atoms with Gasteiger partial charge in [0.05, 0.1) is 0 Å². The van der Waals surface area contributed by atoms with Crippen molar-refractivity contribution in [2.24, 2.45) is 11.8 Å². The minimum Gasteiger partial charge on any atom is -0.550 e. The lowest BCUT2D eigenvalue weighted by molar-refractivity contribution is -0.314. The van der Waals surface area contributed by atoms with Crippen molar-refractivity contribution in [2.75, 3.05) is 0 Å². The van der Waals surface area contributed by atoms with Crippen LogP contribution >= 0.6 is 0 Å². The van der Waals surface area contributed by atoms with Gasteiger partial charge in [0.2, 0.25) is 5.91 Å². The van der Waals surface area contributed by atoms with Crippen LogP contribution < -0.4 is 10.4 Å². The molecule has 0 unspecified atom stereocenters. The largest absolute Gasteiger partial charge is 0.550 e. The third kappa shape index (κ3) is 3.24. The maximum absolute atomic E-state index is 12.2. The first-order valence-corrected chi connectivity index (χ1v) is 7.19. The zero-order chi connectivity index (χ0) is 13.0. The van der Waals surface area contributed by atoms with Crippen LogP contribution in [-0.2, 0) is 9.59 Å². The Bertz CT molecular complexity index is 310. The van der Waals surface area contributed by atoms with Gasteiger partial charge in [-0.25, -0.2) is 0 Å². The van der Waals surface area contributed by atoms with Gasteiger partial charge in [0.25, 0.3) is 0 Å². The number of carboxylic acids is 1. The molecule has 18 heavy (non-hydrogen) atoms. The van der Waals surface area contributed by atoms with Gasteiger partial charge >= 0.3 is 0 Å². The maximum atomic E-state index is 12.2. The molecule has 102 valence electrons. The highest BCUT2D eigenvalue weighted by molar-refractivity contribution is 5.84. The van der Waals surface area contributed by atoms with E-state index in [1.165, 1.54) is 19.3 Å². The SMILES string of the molecule is O=C([O-])[C@@H]1CCCC[C@H]1C(=O)NC1CCCCC1. The Morgan fingerprint density at radius 1 is 0.833 bits per heavy atom. The van der Waals surface area contributed by atoms with Crippen LogP contribution in [0.4, 0.5) is 0 Å².